The summed E-state index contributed by atoms with van der Waals surface area (Å²) in [4.78, 5) is 22.4. The van der Waals surface area contributed by atoms with Crippen LogP contribution in [0.3, 0.4) is 0 Å². The molecule has 0 radical (unpaired) electrons. The van der Waals surface area contributed by atoms with Crippen LogP contribution in [-0.4, -0.2) is 76.1 Å². The summed E-state index contributed by atoms with van der Waals surface area (Å²) in [5, 5.41) is 11.7. The second-order valence-corrected chi connectivity index (χ2v) is 12.5. The van der Waals surface area contributed by atoms with Gasteiger partial charge in [0.1, 0.15) is 0 Å². The van der Waals surface area contributed by atoms with Gasteiger partial charge in [-0.25, -0.2) is 4.79 Å². The predicted molar refractivity (Wildman–Crippen MR) is 89.1 cm³/mol. The average molecular weight is 344 g/mol. The Bertz CT molecular complexity index is 338. The first-order valence-electron chi connectivity index (χ1n) is 7.41. The van der Waals surface area contributed by atoms with Crippen LogP contribution in [0.5, 0.6) is 0 Å². The molecule has 0 spiro atoms. The van der Waals surface area contributed by atoms with E-state index in [0.29, 0.717) is 31.9 Å². The summed E-state index contributed by atoms with van der Waals surface area (Å²) >= 11 is 0. The minimum atomic E-state index is -1.16. The fourth-order valence-corrected chi connectivity index (χ4v) is 3.06. The average Bonchev–Trinajstić information content (AvgIpc) is 2.35. The van der Waals surface area contributed by atoms with E-state index in [1.54, 1.807) is 0 Å². The Morgan fingerprint density at radius 2 is 1.76 bits per heavy atom. The SMILES string of the molecule is C[Si](C)(C)CCOC(=O)NCC1CCC(C(=O)O)CC1.[CaH2]. The van der Waals surface area contributed by atoms with E-state index in [0.717, 1.165) is 18.9 Å². The Morgan fingerprint density at radius 1 is 1.19 bits per heavy atom. The van der Waals surface area contributed by atoms with Crippen molar-refractivity contribution in [3.05, 3.63) is 0 Å². The Labute approximate surface area is 158 Å². The first-order chi connectivity index (χ1) is 9.28. The zero-order valence-corrected chi connectivity index (χ0v) is 13.8. The number of carboxylic acids is 1. The molecule has 0 unspecified atom stereocenters. The maximum atomic E-state index is 11.5. The third kappa shape index (κ3) is 9.76. The monoisotopic (exact) mass is 343 g/mol. The standard InChI is InChI=1S/C14H27NO4Si.Ca.2H/c1-20(2,3)9-8-19-14(18)15-10-11-4-6-12(7-5-11)13(16)17;;;/h11-12H,4-10H2,1-3H3,(H,15,18)(H,16,17);;;. The Kier molecular flexibility index (Phi) is 10.2. The van der Waals surface area contributed by atoms with Crippen LogP contribution in [0, 0.1) is 11.8 Å². The van der Waals surface area contributed by atoms with Crippen molar-refractivity contribution in [2.24, 2.45) is 11.8 Å². The number of amides is 1. The van der Waals surface area contributed by atoms with Crippen LogP contribution in [0.1, 0.15) is 25.7 Å². The number of hydrogen-bond acceptors (Lipinski definition) is 3. The summed E-state index contributed by atoms with van der Waals surface area (Å²) in [6.45, 7) is 7.82. The molecule has 0 aromatic rings. The topological polar surface area (TPSA) is 75.6 Å². The molecule has 21 heavy (non-hydrogen) atoms. The van der Waals surface area contributed by atoms with Crippen LogP contribution >= 0.6 is 0 Å². The fourth-order valence-electron chi connectivity index (χ4n) is 2.34. The van der Waals surface area contributed by atoms with Gasteiger partial charge in [-0.3, -0.25) is 4.79 Å². The van der Waals surface area contributed by atoms with Gasteiger partial charge in [-0.05, 0) is 37.6 Å². The molecule has 0 aromatic carbocycles. The number of ether oxygens (including phenoxy) is 1. The molecule has 120 valence electrons. The van der Waals surface area contributed by atoms with E-state index in [2.05, 4.69) is 25.0 Å². The number of alkyl carbamates (subject to hydrolysis) is 1. The number of carbonyl (C=O) groups excluding carboxylic acids is 1. The van der Waals surface area contributed by atoms with Gasteiger partial charge in [0, 0.05) is 14.6 Å². The maximum absolute atomic E-state index is 11.5. The molecule has 1 fully saturated rings. The first kappa shape index (κ1) is 21.2. The molecule has 0 aromatic heterocycles. The van der Waals surface area contributed by atoms with Crippen LogP contribution < -0.4 is 5.32 Å². The zero-order chi connectivity index (χ0) is 15.2. The Hall–Kier alpha value is 0.217. The van der Waals surface area contributed by atoms with Gasteiger partial charge in [0.2, 0.25) is 0 Å². The number of nitrogens with one attached hydrogen (secondary N) is 1. The molecule has 0 saturated heterocycles. The van der Waals surface area contributed by atoms with Crippen molar-refractivity contribution in [3.63, 3.8) is 0 Å². The Balaban J connectivity index is 0.00000400. The van der Waals surface area contributed by atoms with Gasteiger partial charge in [-0.1, -0.05) is 19.6 Å². The Morgan fingerprint density at radius 3 is 2.24 bits per heavy atom. The van der Waals surface area contributed by atoms with Gasteiger partial charge in [-0.15, -0.1) is 0 Å². The van der Waals surface area contributed by atoms with Crippen molar-refractivity contribution < 1.29 is 19.4 Å². The van der Waals surface area contributed by atoms with Gasteiger partial charge in [0.05, 0.1) is 12.5 Å². The summed E-state index contributed by atoms with van der Waals surface area (Å²) in [7, 11) is -1.16. The molecule has 1 rings (SSSR count). The molecular formula is C14H29CaNO4Si. The molecule has 0 bridgehead atoms. The number of carbonyl (C=O) groups is 2. The van der Waals surface area contributed by atoms with Gasteiger partial charge >= 0.3 is 49.8 Å². The molecule has 1 saturated carbocycles. The molecule has 7 heteroatoms. The number of aliphatic carboxylic acids is 1. The molecule has 2 N–H and O–H groups in total. The van der Waals surface area contributed by atoms with E-state index in [1.165, 1.54) is 0 Å². The second kappa shape index (κ2) is 10.1. The molecule has 1 aliphatic rings. The van der Waals surface area contributed by atoms with Gasteiger partial charge in [0.15, 0.2) is 0 Å². The van der Waals surface area contributed by atoms with E-state index >= 15 is 0 Å². The van der Waals surface area contributed by atoms with Gasteiger partial charge in [-0.2, -0.15) is 0 Å². The van der Waals surface area contributed by atoms with Crippen LogP contribution in [0.15, 0.2) is 0 Å². The van der Waals surface area contributed by atoms with Crippen LogP contribution in [0.2, 0.25) is 25.7 Å². The van der Waals surface area contributed by atoms with Gasteiger partial charge in [0.25, 0.3) is 0 Å². The van der Waals surface area contributed by atoms with Crippen molar-refractivity contribution in [2.75, 3.05) is 13.2 Å². The zero-order valence-electron chi connectivity index (χ0n) is 12.8. The number of hydrogen-bond donors (Lipinski definition) is 2. The molecular weight excluding hydrogens is 314 g/mol. The minimum absolute atomic E-state index is 0. The predicted octanol–water partition coefficient (Wildman–Crippen LogP) is 2.03. The molecule has 5 nitrogen and oxygen atoms in total. The molecule has 0 heterocycles. The van der Waals surface area contributed by atoms with Crippen LogP contribution in [-0.2, 0) is 9.53 Å². The number of rotatable bonds is 6. The summed E-state index contributed by atoms with van der Waals surface area (Å²) in [5.74, 6) is -0.507. The van der Waals surface area contributed by atoms with Crippen molar-refractivity contribution in [1.29, 1.82) is 0 Å². The van der Waals surface area contributed by atoms with Crippen LogP contribution in [0.25, 0.3) is 0 Å². The third-order valence-corrected chi connectivity index (χ3v) is 5.52. The fraction of sp³-hybridized carbons (Fsp3) is 0.857. The van der Waals surface area contributed by atoms with Crippen LogP contribution in [0.4, 0.5) is 4.79 Å². The second-order valence-electron chi connectivity index (χ2n) is 6.88. The van der Waals surface area contributed by atoms with E-state index in [4.69, 9.17) is 9.84 Å². The normalized spacial score (nSPS) is 22.0. The van der Waals surface area contributed by atoms with E-state index < -0.39 is 14.0 Å². The summed E-state index contributed by atoms with van der Waals surface area (Å²) < 4.78 is 5.16. The summed E-state index contributed by atoms with van der Waals surface area (Å²) in [5.41, 5.74) is 0. The molecule has 1 aliphatic carbocycles. The van der Waals surface area contributed by atoms with E-state index in [9.17, 15) is 9.59 Å². The van der Waals surface area contributed by atoms with Crippen molar-refractivity contribution in [2.45, 2.75) is 51.4 Å². The van der Waals surface area contributed by atoms with E-state index in [-0.39, 0.29) is 49.7 Å². The van der Waals surface area contributed by atoms with Crippen molar-refractivity contribution in [3.8, 4) is 0 Å². The van der Waals surface area contributed by atoms with Gasteiger partial charge < -0.3 is 15.2 Å². The molecule has 0 atom stereocenters. The van der Waals surface area contributed by atoms with Crippen molar-refractivity contribution in [1.82, 2.24) is 5.32 Å². The van der Waals surface area contributed by atoms with E-state index in [1.807, 2.05) is 0 Å². The summed E-state index contributed by atoms with van der Waals surface area (Å²) in [6, 6.07) is 0.976. The van der Waals surface area contributed by atoms with Crippen molar-refractivity contribution >= 4 is 57.9 Å². The third-order valence-electron chi connectivity index (χ3n) is 3.82. The molecule has 1 amide bonds. The molecule has 0 aliphatic heterocycles. The first-order valence-corrected chi connectivity index (χ1v) is 11.1. The summed E-state index contributed by atoms with van der Waals surface area (Å²) in [6.07, 6.45) is 2.82. The number of carboxylic acid groups (broad SMARTS) is 1. The quantitative estimate of drug-likeness (QED) is 0.724.